The highest BCUT2D eigenvalue weighted by Gasteiger charge is 1.99. The molecule has 0 spiro atoms. The first kappa shape index (κ1) is 13.6. The van der Waals surface area contributed by atoms with Crippen molar-refractivity contribution in [3.05, 3.63) is 54.1 Å². The Morgan fingerprint density at radius 2 is 1.90 bits per heavy atom. The summed E-state index contributed by atoms with van der Waals surface area (Å²) in [6, 6.07) is 16.8. The Hall–Kier alpha value is -2.80. The predicted octanol–water partition coefficient (Wildman–Crippen LogP) is 3.35. The van der Waals surface area contributed by atoms with Crippen LogP contribution in [0.4, 0.5) is 5.69 Å². The minimum absolute atomic E-state index is 0.0212. The van der Waals surface area contributed by atoms with Gasteiger partial charge in [-0.2, -0.15) is 5.26 Å². The van der Waals surface area contributed by atoms with Crippen molar-refractivity contribution in [2.24, 2.45) is 4.99 Å². The van der Waals surface area contributed by atoms with Crippen LogP contribution in [0.3, 0.4) is 0 Å². The number of hydrogen-bond acceptors (Lipinski definition) is 4. The van der Waals surface area contributed by atoms with Gasteiger partial charge in [0.15, 0.2) is 6.61 Å². The van der Waals surface area contributed by atoms with Gasteiger partial charge in [0.05, 0.1) is 12.8 Å². The Kier molecular flexibility index (Phi) is 4.74. The van der Waals surface area contributed by atoms with Crippen molar-refractivity contribution >= 4 is 11.9 Å². The van der Waals surface area contributed by atoms with Crippen molar-refractivity contribution < 1.29 is 9.47 Å². The van der Waals surface area contributed by atoms with Crippen LogP contribution in [0.5, 0.6) is 11.5 Å². The quantitative estimate of drug-likeness (QED) is 0.780. The number of benzene rings is 2. The van der Waals surface area contributed by atoms with Crippen LogP contribution < -0.4 is 9.47 Å². The van der Waals surface area contributed by atoms with Crippen LogP contribution in [0.2, 0.25) is 0 Å². The third kappa shape index (κ3) is 3.59. The molecule has 2 aromatic carbocycles. The Morgan fingerprint density at radius 1 is 1.15 bits per heavy atom. The van der Waals surface area contributed by atoms with Gasteiger partial charge in [0.25, 0.3) is 0 Å². The van der Waals surface area contributed by atoms with Crippen LogP contribution in [0.25, 0.3) is 0 Å². The first-order valence-electron chi connectivity index (χ1n) is 6.10. The molecule has 0 saturated carbocycles. The third-order valence-electron chi connectivity index (χ3n) is 2.64. The number of hydrogen-bond donors (Lipinski definition) is 0. The molecule has 20 heavy (non-hydrogen) atoms. The highest BCUT2D eigenvalue weighted by Crippen LogP contribution is 2.20. The number of nitrogens with zero attached hydrogens (tertiary/aromatic N) is 2. The van der Waals surface area contributed by atoms with E-state index in [-0.39, 0.29) is 6.61 Å². The average molecular weight is 266 g/mol. The van der Waals surface area contributed by atoms with Gasteiger partial charge >= 0.3 is 0 Å². The third-order valence-corrected chi connectivity index (χ3v) is 2.64. The lowest BCUT2D eigenvalue weighted by atomic mass is 10.2. The SMILES string of the molecule is COc1ccc(N=Cc2ccccc2OCC#N)cc1. The highest BCUT2D eigenvalue weighted by atomic mass is 16.5. The number of nitriles is 1. The maximum absolute atomic E-state index is 8.56. The molecule has 4 nitrogen and oxygen atoms in total. The van der Waals surface area contributed by atoms with E-state index in [4.69, 9.17) is 14.7 Å². The molecule has 0 amide bonds. The fourth-order valence-corrected chi connectivity index (χ4v) is 1.64. The molecule has 0 bridgehead atoms. The van der Waals surface area contributed by atoms with E-state index in [1.807, 2.05) is 54.6 Å². The second-order valence-corrected chi connectivity index (χ2v) is 3.94. The summed E-state index contributed by atoms with van der Waals surface area (Å²) in [5.41, 5.74) is 1.65. The maximum Gasteiger partial charge on any atom is 0.174 e. The number of methoxy groups -OCH3 is 1. The number of ether oxygens (including phenoxy) is 2. The zero-order valence-electron chi connectivity index (χ0n) is 11.1. The van der Waals surface area contributed by atoms with Crippen molar-refractivity contribution in [2.75, 3.05) is 13.7 Å². The van der Waals surface area contributed by atoms with E-state index >= 15 is 0 Å². The molecule has 0 unspecified atom stereocenters. The van der Waals surface area contributed by atoms with Crippen molar-refractivity contribution in [3.8, 4) is 17.6 Å². The Labute approximate surface area is 117 Å². The summed E-state index contributed by atoms with van der Waals surface area (Å²) in [6.45, 7) is 0.0212. The largest absolute Gasteiger partial charge is 0.497 e. The highest BCUT2D eigenvalue weighted by molar-refractivity contribution is 5.85. The predicted molar refractivity (Wildman–Crippen MR) is 77.8 cm³/mol. The molecule has 0 aliphatic rings. The maximum atomic E-state index is 8.56. The normalized spacial score (nSPS) is 10.2. The van der Waals surface area contributed by atoms with Gasteiger partial charge in [-0.05, 0) is 36.4 Å². The first-order valence-corrected chi connectivity index (χ1v) is 6.10. The summed E-state index contributed by atoms with van der Waals surface area (Å²) in [5, 5.41) is 8.56. The average Bonchev–Trinajstić information content (AvgIpc) is 2.52. The molecule has 0 heterocycles. The van der Waals surface area contributed by atoms with Gasteiger partial charge in [0, 0.05) is 11.8 Å². The zero-order valence-corrected chi connectivity index (χ0v) is 11.1. The van der Waals surface area contributed by atoms with E-state index in [1.54, 1.807) is 13.3 Å². The van der Waals surface area contributed by atoms with Crippen molar-refractivity contribution in [1.82, 2.24) is 0 Å². The van der Waals surface area contributed by atoms with E-state index in [0.717, 1.165) is 17.0 Å². The summed E-state index contributed by atoms with van der Waals surface area (Å²) < 4.78 is 10.4. The molecule has 0 radical (unpaired) electrons. The summed E-state index contributed by atoms with van der Waals surface area (Å²) >= 11 is 0. The monoisotopic (exact) mass is 266 g/mol. The van der Waals surface area contributed by atoms with E-state index in [9.17, 15) is 0 Å². The standard InChI is InChI=1S/C16H14N2O2/c1-19-15-8-6-14(7-9-15)18-12-13-4-2-3-5-16(13)20-11-10-17/h2-9,12H,11H2,1H3. The molecule has 0 aliphatic heterocycles. The first-order chi connectivity index (χ1) is 9.83. The molecule has 4 heteroatoms. The van der Waals surface area contributed by atoms with E-state index in [0.29, 0.717) is 5.75 Å². The lowest BCUT2D eigenvalue weighted by molar-refractivity contribution is 0.367. The van der Waals surface area contributed by atoms with Gasteiger partial charge in [0.2, 0.25) is 0 Å². The van der Waals surface area contributed by atoms with Gasteiger partial charge < -0.3 is 9.47 Å². The molecular formula is C16H14N2O2. The number of rotatable bonds is 5. The minimum atomic E-state index is 0.0212. The van der Waals surface area contributed by atoms with Gasteiger partial charge in [-0.1, -0.05) is 12.1 Å². The van der Waals surface area contributed by atoms with Crippen LogP contribution >= 0.6 is 0 Å². The summed E-state index contributed by atoms with van der Waals surface area (Å²) in [5.74, 6) is 1.44. The van der Waals surface area contributed by atoms with Gasteiger partial charge in [-0.3, -0.25) is 4.99 Å². The summed E-state index contributed by atoms with van der Waals surface area (Å²) in [6.07, 6.45) is 1.72. The topological polar surface area (TPSA) is 54.6 Å². The molecule has 0 aliphatic carbocycles. The molecule has 0 fully saturated rings. The molecule has 100 valence electrons. The van der Waals surface area contributed by atoms with Crippen LogP contribution in [0, 0.1) is 11.3 Å². The van der Waals surface area contributed by atoms with Crippen LogP contribution in [-0.4, -0.2) is 19.9 Å². The second-order valence-electron chi connectivity index (χ2n) is 3.94. The van der Waals surface area contributed by atoms with E-state index in [2.05, 4.69) is 4.99 Å². The Balaban J connectivity index is 2.16. The fraction of sp³-hybridized carbons (Fsp3) is 0.125. The zero-order chi connectivity index (χ0) is 14.2. The molecule has 0 N–H and O–H groups in total. The number of aliphatic imine (C=N–C) groups is 1. The van der Waals surface area contributed by atoms with Crippen LogP contribution in [0.1, 0.15) is 5.56 Å². The molecule has 2 rings (SSSR count). The van der Waals surface area contributed by atoms with Crippen LogP contribution in [-0.2, 0) is 0 Å². The summed E-state index contributed by atoms with van der Waals surface area (Å²) in [7, 11) is 1.63. The van der Waals surface area contributed by atoms with Gasteiger partial charge in [0.1, 0.15) is 17.6 Å². The van der Waals surface area contributed by atoms with E-state index < -0.39 is 0 Å². The lowest BCUT2D eigenvalue weighted by Crippen LogP contribution is -1.96. The van der Waals surface area contributed by atoms with Crippen molar-refractivity contribution in [3.63, 3.8) is 0 Å². The molecule has 0 aromatic heterocycles. The molecule has 0 saturated heterocycles. The molecular weight excluding hydrogens is 252 g/mol. The van der Waals surface area contributed by atoms with Gasteiger partial charge in [-0.15, -0.1) is 0 Å². The van der Waals surface area contributed by atoms with Crippen LogP contribution in [0.15, 0.2) is 53.5 Å². The van der Waals surface area contributed by atoms with E-state index in [1.165, 1.54) is 0 Å². The minimum Gasteiger partial charge on any atom is -0.497 e. The lowest BCUT2D eigenvalue weighted by Gasteiger charge is -2.04. The fourth-order valence-electron chi connectivity index (χ4n) is 1.64. The smallest absolute Gasteiger partial charge is 0.174 e. The number of para-hydroxylation sites is 1. The Morgan fingerprint density at radius 3 is 2.60 bits per heavy atom. The Bertz CT molecular complexity index is 628. The molecule has 0 atom stereocenters. The second kappa shape index (κ2) is 6.95. The van der Waals surface area contributed by atoms with Crippen molar-refractivity contribution in [1.29, 1.82) is 5.26 Å². The summed E-state index contributed by atoms with van der Waals surface area (Å²) in [4.78, 5) is 4.38. The van der Waals surface area contributed by atoms with Crippen molar-refractivity contribution in [2.45, 2.75) is 0 Å². The van der Waals surface area contributed by atoms with Gasteiger partial charge in [-0.25, -0.2) is 0 Å². The molecule has 2 aromatic rings.